The number of anilines is 1. The topological polar surface area (TPSA) is 54.3 Å². The molecule has 4 nitrogen and oxygen atoms in total. The van der Waals surface area contributed by atoms with Crippen LogP contribution in [0.3, 0.4) is 0 Å². The van der Waals surface area contributed by atoms with Gasteiger partial charge in [0.1, 0.15) is 11.8 Å². The van der Waals surface area contributed by atoms with Crippen LogP contribution >= 0.6 is 0 Å². The lowest BCUT2D eigenvalue weighted by Crippen LogP contribution is -2.48. The number of para-hydroxylation sites is 1. The number of hydrogen-bond donors (Lipinski definition) is 2. The van der Waals surface area contributed by atoms with E-state index in [4.69, 9.17) is 4.42 Å². The molecule has 1 aromatic heterocycles. The molecule has 1 aromatic carbocycles. The van der Waals surface area contributed by atoms with E-state index in [1.54, 1.807) is 6.26 Å². The highest BCUT2D eigenvalue weighted by molar-refractivity contribution is 6.01. The van der Waals surface area contributed by atoms with Crippen LogP contribution < -0.4 is 10.6 Å². The number of amides is 1. The molecule has 0 aliphatic carbocycles. The molecule has 4 heteroatoms. The van der Waals surface area contributed by atoms with Gasteiger partial charge in [-0.25, -0.2) is 0 Å². The van der Waals surface area contributed by atoms with Gasteiger partial charge in [-0.05, 0) is 12.1 Å². The highest BCUT2D eigenvalue weighted by Gasteiger charge is 2.25. The summed E-state index contributed by atoms with van der Waals surface area (Å²) in [6.07, 6.45) is 1.59. The highest BCUT2D eigenvalue weighted by Crippen LogP contribution is 2.25. The van der Waals surface area contributed by atoms with Gasteiger partial charge < -0.3 is 15.1 Å². The molecule has 0 unspecified atom stereocenters. The third kappa shape index (κ3) is 1.47. The molecule has 0 radical (unpaired) electrons. The molecule has 1 fully saturated rings. The summed E-state index contributed by atoms with van der Waals surface area (Å²) in [5.41, 5.74) is 1.55. The Labute approximate surface area is 92.6 Å². The van der Waals surface area contributed by atoms with Crippen molar-refractivity contribution in [2.24, 2.45) is 5.92 Å². The van der Waals surface area contributed by atoms with E-state index >= 15 is 0 Å². The molecule has 16 heavy (non-hydrogen) atoms. The summed E-state index contributed by atoms with van der Waals surface area (Å²) in [7, 11) is 0. The van der Waals surface area contributed by atoms with Gasteiger partial charge in [0.05, 0.1) is 11.6 Å². The molecular weight excluding hydrogens is 204 g/mol. The average molecular weight is 216 g/mol. The minimum atomic E-state index is 0.0605. The summed E-state index contributed by atoms with van der Waals surface area (Å²) < 4.78 is 5.35. The van der Waals surface area contributed by atoms with E-state index in [9.17, 15) is 4.79 Å². The molecule has 82 valence electrons. The van der Waals surface area contributed by atoms with Gasteiger partial charge in [0.2, 0.25) is 5.91 Å². The van der Waals surface area contributed by atoms with E-state index in [2.05, 4.69) is 10.6 Å². The number of fused-ring (bicyclic) bond motifs is 1. The zero-order chi connectivity index (χ0) is 11.0. The van der Waals surface area contributed by atoms with Crippen molar-refractivity contribution in [3.63, 3.8) is 0 Å². The van der Waals surface area contributed by atoms with E-state index in [-0.39, 0.29) is 11.8 Å². The Morgan fingerprint density at radius 2 is 2.19 bits per heavy atom. The van der Waals surface area contributed by atoms with Gasteiger partial charge in [0.15, 0.2) is 0 Å². The number of carbonyl (C=O) groups excluding carboxylic acids is 1. The minimum absolute atomic E-state index is 0.0605. The van der Waals surface area contributed by atoms with E-state index in [0.29, 0.717) is 0 Å². The zero-order valence-corrected chi connectivity index (χ0v) is 8.69. The predicted molar refractivity (Wildman–Crippen MR) is 61.2 cm³/mol. The van der Waals surface area contributed by atoms with Crippen LogP contribution in [-0.4, -0.2) is 19.0 Å². The third-order valence-corrected chi connectivity index (χ3v) is 2.89. The van der Waals surface area contributed by atoms with Crippen LogP contribution in [0.2, 0.25) is 0 Å². The summed E-state index contributed by atoms with van der Waals surface area (Å²) in [5.74, 6) is 0.152. The van der Waals surface area contributed by atoms with Gasteiger partial charge in [-0.15, -0.1) is 0 Å². The highest BCUT2D eigenvalue weighted by atomic mass is 16.3. The van der Waals surface area contributed by atoms with Crippen LogP contribution in [-0.2, 0) is 4.79 Å². The molecule has 0 atom stereocenters. The van der Waals surface area contributed by atoms with Crippen LogP contribution in [0.4, 0.5) is 5.69 Å². The smallest absolute Gasteiger partial charge is 0.230 e. The van der Waals surface area contributed by atoms with Crippen molar-refractivity contribution in [1.29, 1.82) is 0 Å². The third-order valence-electron chi connectivity index (χ3n) is 2.89. The van der Waals surface area contributed by atoms with Crippen molar-refractivity contribution >= 4 is 22.6 Å². The number of carbonyl (C=O) groups is 1. The lowest BCUT2D eigenvalue weighted by molar-refractivity contribution is -0.121. The van der Waals surface area contributed by atoms with E-state index in [1.807, 2.05) is 24.3 Å². The number of hydrogen-bond acceptors (Lipinski definition) is 3. The zero-order valence-electron chi connectivity index (χ0n) is 8.69. The van der Waals surface area contributed by atoms with E-state index < -0.39 is 0 Å². The largest absolute Gasteiger partial charge is 0.462 e. The standard InChI is InChI=1S/C12H12N2O2/c15-12(8-5-13-6-8)14-10-7-16-11-4-2-1-3-9(10)11/h1-4,7-8,13H,5-6H2,(H,14,15). The molecule has 1 aliphatic rings. The number of rotatable bonds is 2. The van der Waals surface area contributed by atoms with Crippen LogP contribution in [0.25, 0.3) is 11.0 Å². The Hall–Kier alpha value is -1.81. The van der Waals surface area contributed by atoms with E-state index in [0.717, 1.165) is 29.7 Å². The first kappa shape index (κ1) is 9.42. The van der Waals surface area contributed by atoms with Gasteiger partial charge in [-0.3, -0.25) is 4.79 Å². The Bertz CT molecular complexity index is 529. The van der Waals surface area contributed by atoms with Crippen molar-refractivity contribution in [2.45, 2.75) is 0 Å². The average Bonchev–Trinajstić information content (AvgIpc) is 2.59. The fraction of sp³-hybridized carbons (Fsp3) is 0.250. The van der Waals surface area contributed by atoms with Gasteiger partial charge in [-0.1, -0.05) is 12.1 Å². The number of nitrogens with one attached hydrogen (secondary N) is 2. The molecule has 1 amide bonds. The molecule has 2 N–H and O–H groups in total. The number of benzene rings is 1. The summed E-state index contributed by atoms with van der Waals surface area (Å²) in [4.78, 5) is 11.7. The first-order chi connectivity index (χ1) is 7.84. The molecule has 0 bridgehead atoms. The second-order valence-electron chi connectivity index (χ2n) is 3.99. The van der Waals surface area contributed by atoms with Gasteiger partial charge >= 0.3 is 0 Å². The van der Waals surface area contributed by atoms with Crippen LogP contribution in [0.15, 0.2) is 34.9 Å². The van der Waals surface area contributed by atoms with Crippen molar-refractivity contribution < 1.29 is 9.21 Å². The molecule has 3 rings (SSSR count). The lowest BCUT2D eigenvalue weighted by atomic mass is 10.0. The van der Waals surface area contributed by atoms with Gasteiger partial charge in [0.25, 0.3) is 0 Å². The summed E-state index contributed by atoms with van der Waals surface area (Å²) in [6.45, 7) is 1.53. The normalized spacial score (nSPS) is 16.0. The van der Waals surface area contributed by atoms with Crippen molar-refractivity contribution in [1.82, 2.24) is 5.32 Å². The number of furan rings is 1. The Morgan fingerprint density at radius 3 is 2.94 bits per heavy atom. The van der Waals surface area contributed by atoms with Crippen LogP contribution in [0, 0.1) is 5.92 Å². The maximum atomic E-state index is 11.7. The summed E-state index contributed by atoms with van der Waals surface area (Å²) >= 11 is 0. The molecular formula is C12H12N2O2. The predicted octanol–water partition coefficient (Wildman–Crippen LogP) is 1.59. The van der Waals surface area contributed by atoms with Crippen molar-refractivity contribution in [3.05, 3.63) is 30.5 Å². The summed E-state index contributed by atoms with van der Waals surface area (Å²) in [5, 5.41) is 6.92. The lowest BCUT2D eigenvalue weighted by Gasteiger charge is -2.25. The van der Waals surface area contributed by atoms with Gasteiger partial charge in [-0.2, -0.15) is 0 Å². The monoisotopic (exact) mass is 216 g/mol. The molecule has 1 saturated heterocycles. The maximum absolute atomic E-state index is 11.7. The van der Waals surface area contributed by atoms with Crippen molar-refractivity contribution in [2.75, 3.05) is 18.4 Å². The maximum Gasteiger partial charge on any atom is 0.230 e. The Balaban J connectivity index is 1.86. The molecule has 0 spiro atoms. The molecule has 1 aliphatic heterocycles. The minimum Gasteiger partial charge on any atom is -0.462 e. The second-order valence-corrected chi connectivity index (χ2v) is 3.99. The Morgan fingerprint density at radius 1 is 1.38 bits per heavy atom. The first-order valence-corrected chi connectivity index (χ1v) is 5.32. The van der Waals surface area contributed by atoms with Gasteiger partial charge in [0, 0.05) is 18.5 Å². The Kier molecular flexibility index (Phi) is 2.15. The second kappa shape index (κ2) is 3.64. The van der Waals surface area contributed by atoms with E-state index in [1.165, 1.54) is 0 Å². The fourth-order valence-corrected chi connectivity index (χ4v) is 1.78. The van der Waals surface area contributed by atoms with Crippen LogP contribution in [0.5, 0.6) is 0 Å². The van der Waals surface area contributed by atoms with Crippen molar-refractivity contribution in [3.8, 4) is 0 Å². The fourth-order valence-electron chi connectivity index (χ4n) is 1.78. The SMILES string of the molecule is O=C(Nc1coc2ccccc12)C1CNC1. The molecule has 0 saturated carbocycles. The molecule has 2 aromatic rings. The quantitative estimate of drug-likeness (QED) is 0.801. The van der Waals surface area contributed by atoms with Crippen LogP contribution in [0.1, 0.15) is 0 Å². The first-order valence-electron chi connectivity index (χ1n) is 5.32. The molecule has 2 heterocycles. The summed E-state index contributed by atoms with van der Waals surface area (Å²) in [6, 6.07) is 7.66.